The Balaban J connectivity index is 0.000000272. The normalized spacial score (nSPS) is 27.4. The first-order valence-corrected chi connectivity index (χ1v) is 56.1. The topological polar surface area (TPSA) is 311 Å². The second kappa shape index (κ2) is 52.4. The van der Waals surface area contributed by atoms with E-state index in [2.05, 4.69) is 300 Å². The molecule has 9 heterocycles. The van der Waals surface area contributed by atoms with Gasteiger partial charge in [-0.15, -0.1) is 0 Å². The molecule has 9 atom stereocenters. The van der Waals surface area contributed by atoms with E-state index >= 15 is 0 Å². The molecule has 0 amide bonds. The van der Waals surface area contributed by atoms with Crippen LogP contribution >= 0.6 is 0 Å². The highest BCUT2D eigenvalue weighted by Gasteiger charge is 2.56. The average Bonchev–Trinajstić information content (AvgIpc) is 1.62. The zero-order valence-corrected chi connectivity index (χ0v) is 100. The Labute approximate surface area is 909 Å². The lowest BCUT2D eigenvalue weighted by Gasteiger charge is -2.38. The van der Waals surface area contributed by atoms with Crippen LogP contribution in [0.1, 0.15) is 314 Å². The summed E-state index contributed by atoms with van der Waals surface area (Å²) < 4.78 is 110. The quantitative estimate of drug-likeness (QED) is 0.0258. The van der Waals surface area contributed by atoms with E-state index in [-0.39, 0.29) is 124 Å². The highest BCUT2D eigenvalue weighted by Crippen LogP contribution is 2.50. The van der Waals surface area contributed by atoms with Gasteiger partial charge in [-0.2, -0.15) is 10.1 Å². The van der Waals surface area contributed by atoms with Crippen LogP contribution in [0.3, 0.4) is 0 Å². The minimum atomic E-state index is -0.362. The summed E-state index contributed by atoms with van der Waals surface area (Å²) in [4.78, 5) is 4.96. The lowest BCUT2D eigenvalue weighted by molar-refractivity contribution is -0.198. The molecule has 0 bridgehead atoms. The van der Waals surface area contributed by atoms with E-state index in [0.717, 1.165) is 82.5 Å². The van der Waals surface area contributed by atoms with Gasteiger partial charge in [-0.1, -0.05) is 7.43 Å². The van der Waals surface area contributed by atoms with Gasteiger partial charge in [0, 0.05) is 171 Å². The molecule has 9 saturated heterocycles. The van der Waals surface area contributed by atoms with Gasteiger partial charge in [0.1, 0.15) is 76.7 Å². The Bertz CT molecular complexity index is 4380. The van der Waals surface area contributed by atoms with Crippen molar-refractivity contribution in [3.8, 4) is 51.7 Å². The minimum Gasteiger partial charge on any atom is -0.491 e. The molecule has 30 heteroatoms. The number of nitrogens with zero attached hydrogens (tertiary/aromatic N) is 4. The fraction of sp³-hybridized carbons (Fsp3) is 0.850. The van der Waals surface area contributed by atoms with Crippen molar-refractivity contribution < 1.29 is 101 Å². The second-order valence-corrected chi connectivity index (χ2v) is 55.5. The minimum absolute atomic E-state index is 0. The molecule has 0 saturated carbocycles. The average molecular weight is 2120 g/mol. The zero-order chi connectivity index (χ0) is 110. The molecular formula is C120H217N9O21. The molecule has 0 aliphatic carbocycles. The van der Waals surface area contributed by atoms with Gasteiger partial charge in [0.2, 0.25) is 0 Å². The first kappa shape index (κ1) is 130. The van der Waals surface area contributed by atoms with Crippen molar-refractivity contribution in [1.82, 2.24) is 46.5 Å². The Kier molecular flexibility index (Phi) is 45.5. The Hall–Kier alpha value is -4.98. The summed E-state index contributed by atoms with van der Waals surface area (Å²) >= 11 is 0. The third-order valence-corrected chi connectivity index (χ3v) is 35.0. The molecule has 0 radical (unpaired) electrons. The van der Waals surface area contributed by atoms with Crippen LogP contribution in [0.15, 0.2) is 54.6 Å². The molecule has 3 aromatic rings. The summed E-state index contributed by atoms with van der Waals surface area (Å²) in [5.41, 5.74) is 0.0800. The van der Waals surface area contributed by atoms with Crippen LogP contribution in [0, 0.1) is 53.3 Å². The maximum atomic E-state index is 10.6. The van der Waals surface area contributed by atoms with Crippen molar-refractivity contribution >= 4 is 0 Å². The molecule has 3 aromatic carbocycles. The van der Waals surface area contributed by atoms with Crippen molar-refractivity contribution in [2.75, 3.05) is 192 Å². The lowest BCUT2D eigenvalue weighted by Crippen LogP contribution is -2.47. The van der Waals surface area contributed by atoms with E-state index in [0.29, 0.717) is 247 Å². The van der Waals surface area contributed by atoms with Crippen LogP contribution in [0.2, 0.25) is 0 Å². The summed E-state index contributed by atoms with van der Waals surface area (Å²) in [6, 6.07) is 17.1. The molecule has 9 aliphatic heterocycles. The number of benzene rings is 3. The van der Waals surface area contributed by atoms with E-state index in [1.807, 2.05) is 54.6 Å². The Morgan fingerprint density at radius 2 is 0.387 bits per heavy atom. The summed E-state index contributed by atoms with van der Waals surface area (Å²) in [5.74, 6) is 9.57. The fourth-order valence-electron chi connectivity index (χ4n) is 26.1. The highest BCUT2D eigenvalue weighted by atomic mass is 16.6. The first-order valence-electron chi connectivity index (χ1n) is 56.1. The number of hydroxylamine groups is 4. The third kappa shape index (κ3) is 36.0. The number of rotatable bonds is 54. The van der Waals surface area contributed by atoms with Crippen molar-refractivity contribution in [2.24, 2.45) is 53.3 Å². The Morgan fingerprint density at radius 1 is 0.220 bits per heavy atom. The van der Waals surface area contributed by atoms with Gasteiger partial charge in [0.05, 0.1) is 119 Å². The molecule has 30 nitrogen and oxygen atoms in total. The summed E-state index contributed by atoms with van der Waals surface area (Å²) in [5, 5.41) is 42.8. The highest BCUT2D eigenvalue weighted by molar-refractivity contribution is 5.48. The molecule has 0 spiro atoms. The summed E-state index contributed by atoms with van der Waals surface area (Å²) in [7, 11) is 4.44. The van der Waals surface area contributed by atoms with Gasteiger partial charge in [-0.3, -0.25) is 9.80 Å². The van der Waals surface area contributed by atoms with Crippen LogP contribution in [0.5, 0.6) is 51.7 Å². The van der Waals surface area contributed by atoms with E-state index < -0.39 is 0 Å². The largest absolute Gasteiger partial charge is 0.491 e. The van der Waals surface area contributed by atoms with Crippen LogP contribution in [0.25, 0.3) is 0 Å². The standard InChI is InChI=1S/C41H73N3O6.C39H69N3O8.C39H69N3O6.CH4.H2O/c1-36(2)24-30(39(7,8)42-36)27-45-19-22-50-35-23-33(48-20-17-46-28-31-25-37(3,4)43(13)40(31,9)10)15-16-34(35)49-21-18-47-29-32-26-38(5,6)44(14)41(32,11)12;1-34(2)22-28(37(7,8)40-34)25-45-17-20-50-33-21-31(48-18-15-46-26-29-23-35(3,4)41(43)38(29,9)10)13-14-32(33)49-19-16-47-27-30-24-36(5,6)42(44)39(30,11)12;1-34(2)22-28(37(7,8)40-34)25-43-15-18-46-31-13-14-32(47-19-16-44-26-29-23-35(3,4)41-38(29,9)10)33(21-31)48-20-17-45-27-30-24-36(5,6)42-39(30,11)12;;/h15-16,23,30-32,42H,17-22,24-29H2,1-14H3;13-14,21,28-30,40,43-44H,15-20,22-27H2,1-12H3;13-14,21,28-30,40-42H,15-20,22-27H2,1-12H3;1H4;1H2. The predicted octanol–water partition coefficient (Wildman–Crippen LogP) is 19.8. The van der Waals surface area contributed by atoms with E-state index in [1.54, 1.807) is 0 Å². The monoisotopic (exact) mass is 2120 g/mol. The lowest BCUT2D eigenvalue weighted by atomic mass is 9.88. The maximum absolute atomic E-state index is 10.6. The van der Waals surface area contributed by atoms with Gasteiger partial charge in [0.15, 0.2) is 34.5 Å². The maximum Gasteiger partial charge on any atom is 0.164 e. The molecule has 9 unspecified atom stereocenters. The number of likely N-dealkylation sites (tertiary alicyclic amines) is 2. The molecule has 9 fully saturated rings. The SMILES string of the molecule is C.CC1(C)CC(COCCOc2cc(OCCOCC3CC(C)(C)N(O)C3(C)C)ccc2OCCOCC2CC(C)(C)N(O)C2(C)C)C(C)(C)N1.CC1(C)CC(COCCOc2ccc(OCCOCC3CC(C)(C)NC3(C)C)c(OCCOCC3CC(C)(C)NC3(C)C)c2)C(C)(C)N1.CN1C(C)(C)CC(COCCOc2ccc(OCCOCC3CC(C)(C)N(C)C3(C)C)c(OCCOCC3CC(C)(C)NC3(C)C)c2)C1(C)C.O. The Morgan fingerprint density at radius 3 is 0.547 bits per heavy atom. The van der Waals surface area contributed by atoms with Gasteiger partial charge in [-0.05, 0) is 358 Å². The number of hydrogen-bond donors (Lipinski definition) is 7. The summed E-state index contributed by atoms with van der Waals surface area (Å²) in [6.07, 6.45) is 9.38. The van der Waals surface area contributed by atoms with Crippen molar-refractivity contribution in [3.63, 3.8) is 0 Å². The van der Waals surface area contributed by atoms with Crippen molar-refractivity contribution in [1.29, 1.82) is 0 Å². The molecule has 9 N–H and O–H groups in total. The predicted molar refractivity (Wildman–Crippen MR) is 601 cm³/mol. The smallest absolute Gasteiger partial charge is 0.164 e. The van der Waals surface area contributed by atoms with Gasteiger partial charge < -0.3 is 128 Å². The van der Waals surface area contributed by atoms with Crippen molar-refractivity contribution in [2.45, 2.75) is 414 Å². The molecule has 868 valence electrons. The number of hydrogen-bond acceptors (Lipinski definition) is 29. The van der Waals surface area contributed by atoms with Crippen LogP contribution in [-0.4, -0.2) is 328 Å². The van der Waals surface area contributed by atoms with Crippen molar-refractivity contribution in [3.05, 3.63) is 54.6 Å². The second-order valence-electron chi connectivity index (χ2n) is 55.5. The van der Waals surface area contributed by atoms with E-state index in [4.69, 9.17) is 85.3 Å². The van der Waals surface area contributed by atoms with Crippen LogP contribution < -0.4 is 69.2 Å². The molecule has 9 aliphatic rings. The van der Waals surface area contributed by atoms with Crippen LogP contribution in [0.4, 0.5) is 0 Å². The third-order valence-electron chi connectivity index (χ3n) is 35.0. The first-order chi connectivity index (χ1) is 68.4. The van der Waals surface area contributed by atoms with E-state index in [9.17, 15) is 10.4 Å². The molecule has 0 aromatic heterocycles. The number of nitrogens with one attached hydrogen (secondary N) is 5. The zero-order valence-electron chi connectivity index (χ0n) is 100. The molecular weight excluding hydrogens is 1900 g/mol. The fourth-order valence-corrected chi connectivity index (χ4v) is 26.1. The summed E-state index contributed by atoms with van der Waals surface area (Å²) in [6.45, 7) is 94.3. The van der Waals surface area contributed by atoms with Gasteiger partial charge >= 0.3 is 0 Å². The molecule has 150 heavy (non-hydrogen) atoms. The number of ether oxygens (including phenoxy) is 18. The van der Waals surface area contributed by atoms with E-state index in [1.165, 1.54) is 10.1 Å². The molecule has 12 rings (SSSR count). The van der Waals surface area contributed by atoms with Gasteiger partial charge in [-0.25, -0.2) is 0 Å². The van der Waals surface area contributed by atoms with Crippen LogP contribution in [-0.2, 0) is 42.6 Å². The van der Waals surface area contributed by atoms with Gasteiger partial charge in [0.25, 0.3) is 0 Å².